The van der Waals surface area contributed by atoms with E-state index in [1.54, 1.807) is 6.07 Å². The summed E-state index contributed by atoms with van der Waals surface area (Å²) in [6, 6.07) is 28.0. The van der Waals surface area contributed by atoms with E-state index in [2.05, 4.69) is 30.3 Å². The molecule has 0 unspecified atom stereocenters. The van der Waals surface area contributed by atoms with Crippen LogP contribution in [-0.2, 0) is 0 Å². The molecule has 0 radical (unpaired) electrons. The number of rotatable bonds is 3. The second-order valence-corrected chi connectivity index (χ2v) is 5.31. The van der Waals surface area contributed by atoms with Gasteiger partial charge in [0.05, 0.1) is 23.0 Å². The highest BCUT2D eigenvalue weighted by atomic mass is 14.8. The molecule has 25 heavy (non-hydrogen) atoms. The Morgan fingerprint density at radius 1 is 0.800 bits per heavy atom. The first-order valence-electron chi connectivity index (χ1n) is 8.48. The maximum atomic E-state index is 9.01. The molecule has 0 saturated heterocycles. The molecule has 0 N–H and O–H groups in total. The van der Waals surface area contributed by atoms with E-state index in [1.807, 2.05) is 69.3 Å². The van der Waals surface area contributed by atoms with Crippen LogP contribution >= 0.6 is 0 Å². The molecule has 0 fully saturated rings. The Morgan fingerprint density at radius 2 is 1.32 bits per heavy atom. The van der Waals surface area contributed by atoms with E-state index in [-0.39, 0.29) is 0 Å². The van der Waals surface area contributed by atoms with Crippen molar-refractivity contribution in [1.82, 2.24) is 0 Å². The molecule has 0 aliphatic heterocycles. The van der Waals surface area contributed by atoms with Crippen molar-refractivity contribution in [3.8, 4) is 6.07 Å². The lowest BCUT2D eigenvalue weighted by molar-refractivity contribution is 1.36. The zero-order valence-electron chi connectivity index (χ0n) is 14.9. The van der Waals surface area contributed by atoms with Crippen LogP contribution in [0.25, 0.3) is 0 Å². The van der Waals surface area contributed by atoms with E-state index in [4.69, 9.17) is 10.3 Å². The van der Waals surface area contributed by atoms with Gasteiger partial charge in [-0.1, -0.05) is 74.5 Å². The van der Waals surface area contributed by atoms with Crippen molar-refractivity contribution >= 4 is 11.4 Å². The third kappa shape index (κ3) is 4.65. The van der Waals surface area contributed by atoms with E-state index < -0.39 is 0 Å². The molecule has 3 rings (SSSR count). The van der Waals surface area contributed by atoms with Gasteiger partial charge in [0.2, 0.25) is 0 Å². The standard InChI is InChI=1S/C21H16N2.C2H6/c1-16-14-17(15-22)12-13-20(16)23-21(18-8-4-2-5-9-18)19-10-6-3-7-11-19;1-2/h2-14H,1H3;1-2H3. The molecule has 124 valence electrons. The molecular weight excluding hydrogens is 304 g/mol. The lowest BCUT2D eigenvalue weighted by atomic mass is 10.0. The molecular formula is C23H22N2. The highest BCUT2D eigenvalue weighted by Crippen LogP contribution is 2.23. The minimum absolute atomic E-state index is 0.655. The highest BCUT2D eigenvalue weighted by molar-refractivity contribution is 6.14. The van der Waals surface area contributed by atoms with Gasteiger partial charge in [-0.2, -0.15) is 5.26 Å². The van der Waals surface area contributed by atoms with Crippen LogP contribution in [0.3, 0.4) is 0 Å². The molecule has 0 atom stereocenters. The van der Waals surface area contributed by atoms with Crippen LogP contribution < -0.4 is 0 Å². The fraction of sp³-hybridized carbons (Fsp3) is 0.130. The van der Waals surface area contributed by atoms with Crippen molar-refractivity contribution < 1.29 is 0 Å². The second-order valence-electron chi connectivity index (χ2n) is 5.31. The number of nitriles is 1. The average molecular weight is 326 g/mol. The van der Waals surface area contributed by atoms with Gasteiger partial charge in [0.15, 0.2) is 0 Å². The lowest BCUT2D eigenvalue weighted by Gasteiger charge is -2.09. The number of aliphatic imine (C=N–C) groups is 1. The van der Waals surface area contributed by atoms with Gasteiger partial charge in [-0.25, -0.2) is 4.99 Å². The normalized spacial score (nSPS) is 9.36. The number of hydrogen-bond donors (Lipinski definition) is 0. The van der Waals surface area contributed by atoms with Gasteiger partial charge in [-0.3, -0.25) is 0 Å². The van der Waals surface area contributed by atoms with Crippen molar-refractivity contribution in [3.63, 3.8) is 0 Å². The topological polar surface area (TPSA) is 36.1 Å². The molecule has 0 heterocycles. The molecule has 2 heteroatoms. The van der Waals surface area contributed by atoms with E-state index in [0.29, 0.717) is 5.56 Å². The quantitative estimate of drug-likeness (QED) is 0.539. The van der Waals surface area contributed by atoms with Crippen LogP contribution in [0.1, 0.15) is 36.1 Å². The summed E-state index contributed by atoms with van der Waals surface area (Å²) in [6.45, 7) is 5.98. The van der Waals surface area contributed by atoms with Crippen LogP contribution in [0.15, 0.2) is 83.9 Å². The summed E-state index contributed by atoms with van der Waals surface area (Å²) < 4.78 is 0. The fourth-order valence-corrected chi connectivity index (χ4v) is 2.46. The average Bonchev–Trinajstić information content (AvgIpc) is 2.70. The number of nitrogens with zero attached hydrogens (tertiary/aromatic N) is 2. The zero-order chi connectivity index (χ0) is 18.1. The molecule has 0 aliphatic carbocycles. The molecule has 0 aromatic heterocycles. The van der Waals surface area contributed by atoms with Crippen LogP contribution in [0, 0.1) is 18.3 Å². The maximum Gasteiger partial charge on any atom is 0.0991 e. The van der Waals surface area contributed by atoms with Crippen LogP contribution in [0.4, 0.5) is 5.69 Å². The fourth-order valence-electron chi connectivity index (χ4n) is 2.46. The minimum Gasteiger partial charge on any atom is -0.248 e. The molecule has 3 aromatic carbocycles. The van der Waals surface area contributed by atoms with Gasteiger partial charge in [0.25, 0.3) is 0 Å². The first-order valence-corrected chi connectivity index (χ1v) is 8.48. The predicted molar refractivity (Wildman–Crippen MR) is 105 cm³/mol. The third-order valence-corrected chi connectivity index (χ3v) is 3.65. The van der Waals surface area contributed by atoms with Crippen LogP contribution in [0.5, 0.6) is 0 Å². The Kier molecular flexibility index (Phi) is 6.68. The van der Waals surface area contributed by atoms with Crippen molar-refractivity contribution in [2.45, 2.75) is 20.8 Å². The van der Waals surface area contributed by atoms with Crippen LogP contribution in [0.2, 0.25) is 0 Å². The largest absolute Gasteiger partial charge is 0.248 e. The minimum atomic E-state index is 0.655. The van der Waals surface area contributed by atoms with Crippen LogP contribution in [-0.4, -0.2) is 5.71 Å². The second kappa shape index (κ2) is 9.20. The summed E-state index contributed by atoms with van der Waals surface area (Å²) in [5.41, 5.74) is 5.60. The summed E-state index contributed by atoms with van der Waals surface area (Å²) in [6.07, 6.45) is 0. The van der Waals surface area contributed by atoms with E-state index in [0.717, 1.165) is 28.1 Å². The third-order valence-electron chi connectivity index (χ3n) is 3.65. The van der Waals surface area contributed by atoms with Gasteiger partial charge >= 0.3 is 0 Å². The number of hydrogen-bond acceptors (Lipinski definition) is 2. The number of aryl methyl sites for hydroxylation is 1. The van der Waals surface area contributed by atoms with Gasteiger partial charge in [0, 0.05) is 11.1 Å². The van der Waals surface area contributed by atoms with E-state index >= 15 is 0 Å². The Hall–Kier alpha value is -3.18. The lowest BCUT2D eigenvalue weighted by Crippen LogP contribution is -2.02. The Balaban J connectivity index is 0.00000109. The van der Waals surface area contributed by atoms with Gasteiger partial charge < -0.3 is 0 Å². The van der Waals surface area contributed by atoms with Crippen molar-refractivity contribution in [3.05, 3.63) is 101 Å². The summed E-state index contributed by atoms with van der Waals surface area (Å²) in [5.74, 6) is 0. The summed E-state index contributed by atoms with van der Waals surface area (Å²) in [5, 5.41) is 9.01. The molecule has 0 spiro atoms. The van der Waals surface area contributed by atoms with E-state index in [9.17, 15) is 0 Å². The van der Waals surface area contributed by atoms with Gasteiger partial charge in [0.1, 0.15) is 0 Å². The first kappa shape index (κ1) is 18.2. The highest BCUT2D eigenvalue weighted by Gasteiger charge is 2.08. The maximum absolute atomic E-state index is 9.01. The van der Waals surface area contributed by atoms with Crippen molar-refractivity contribution in [2.75, 3.05) is 0 Å². The summed E-state index contributed by atoms with van der Waals surface area (Å²) in [4.78, 5) is 4.88. The number of benzene rings is 3. The SMILES string of the molecule is CC.Cc1cc(C#N)ccc1N=C(c1ccccc1)c1ccccc1. The van der Waals surface area contributed by atoms with E-state index in [1.165, 1.54) is 0 Å². The molecule has 2 nitrogen and oxygen atoms in total. The Bertz CT molecular complexity index is 831. The molecule has 3 aromatic rings. The first-order chi connectivity index (χ1) is 12.3. The molecule has 0 amide bonds. The zero-order valence-corrected chi connectivity index (χ0v) is 14.9. The molecule has 0 aliphatic rings. The monoisotopic (exact) mass is 326 g/mol. The summed E-state index contributed by atoms with van der Waals surface area (Å²) >= 11 is 0. The van der Waals surface area contributed by atoms with Gasteiger partial charge in [-0.05, 0) is 30.7 Å². The van der Waals surface area contributed by atoms with Crippen molar-refractivity contribution in [1.29, 1.82) is 5.26 Å². The molecule has 0 saturated carbocycles. The smallest absolute Gasteiger partial charge is 0.0991 e. The Morgan fingerprint density at radius 3 is 1.76 bits per heavy atom. The predicted octanol–water partition coefficient (Wildman–Crippen LogP) is 6.06. The van der Waals surface area contributed by atoms with Crippen molar-refractivity contribution in [2.24, 2.45) is 4.99 Å². The van der Waals surface area contributed by atoms with Gasteiger partial charge in [-0.15, -0.1) is 0 Å². The summed E-state index contributed by atoms with van der Waals surface area (Å²) in [7, 11) is 0. The molecule has 0 bridgehead atoms. The Labute approximate surface area is 150 Å².